The van der Waals surface area contributed by atoms with Crippen molar-refractivity contribution in [1.82, 2.24) is 19.8 Å². The van der Waals surface area contributed by atoms with Gasteiger partial charge in [-0.15, -0.1) is 0 Å². The molecule has 0 fully saturated rings. The second kappa shape index (κ2) is 8.57. The molecule has 0 spiro atoms. The molecule has 1 aliphatic rings. The van der Waals surface area contributed by atoms with Gasteiger partial charge in [-0.2, -0.15) is 0 Å². The molecule has 27 heavy (non-hydrogen) atoms. The first kappa shape index (κ1) is 19.4. The van der Waals surface area contributed by atoms with Crippen molar-refractivity contribution in [2.75, 3.05) is 6.54 Å². The number of hydrogen-bond donors (Lipinski definition) is 1. The van der Waals surface area contributed by atoms with Crippen molar-refractivity contribution < 1.29 is 9.59 Å². The van der Waals surface area contributed by atoms with Crippen LogP contribution in [0.25, 0.3) is 0 Å². The predicted octanol–water partition coefficient (Wildman–Crippen LogP) is 2.71. The van der Waals surface area contributed by atoms with Crippen LogP contribution in [0.15, 0.2) is 24.3 Å². The molecule has 0 saturated heterocycles. The summed E-state index contributed by atoms with van der Waals surface area (Å²) in [6.07, 6.45) is 1.48. The van der Waals surface area contributed by atoms with Crippen molar-refractivity contribution in [3.8, 4) is 0 Å². The molecule has 1 aliphatic heterocycles. The number of nitrogens with one attached hydrogen (secondary N) is 1. The van der Waals surface area contributed by atoms with Gasteiger partial charge in [-0.05, 0) is 18.6 Å². The van der Waals surface area contributed by atoms with Gasteiger partial charge in [0.15, 0.2) is 0 Å². The van der Waals surface area contributed by atoms with Crippen molar-refractivity contribution in [3.63, 3.8) is 0 Å². The number of benzene rings is 1. The SMILES string of the molecule is CCC(=O)NCc1nc2c(n1CC)CN(C(=O)Cc1ccccc1Cl)CC2. The van der Waals surface area contributed by atoms with E-state index in [9.17, 15) is 9.59 Å². The van der Waals surface area contributed by atoms with Crippen molar-refractivity contribution in [2.45, 2.75) is 52.7 Å². The molecule has 1 N–H and O–H groups in total. The fourth-order valence-electron chi connectivity index (χ4n) is 3.41. The lowest BCUT2D eigenvalue weighted by Crippen LogP contribution is -2.37. The lowest BCUT2D eigenvalue weighted by atomic mass is 10.1. The Hall–Kier alpha value is -2.34. The van der Waals surface area contributed by atoms with E-state index in [1.54, 1.807) is 0 Å². The smallest absolute Gasteiger partial charge is 0.227 e. The summed E-state index contributed by atoms with van der Waals surface area (Å²) >= 11 is 6.19. The van der Waals surface area contributed by atoms with Gasteiger partial charge in [-0.25, -0.2) is 4.98 Å². The number of carbonyl (C=O) groups is 2. The van der Waals surface area contributed by atoms with Crippen LogP contribution in [0, 0.1) is 0 Å². The maximum absolute atomic E-state index is 12.8. The zero-order chi connectivity index (χ0) is 19.4. The van der Waals surface area contributed by atoms with E-state index < -0.39 is 0 Å². The topological polar surface area (TPSA) is 67.2 Å². The highest BCUT2D eigenvalue weighted by molar-refractivity contribution is 6.31. The molecule has 2 aromatic rings. The van der Waals surface area contributed by atoms with E-state index in [0.29, 0.717) is 37.5 Å². The van der Waals surface area contributed by atoms with E-state index in [2.05, 4.69) is 16.8 Å². The third-order valence-electron chi connectivity index (χ3n) is 4.93. The average molecular weight is 389 g/mol. The van der Waals surface area contributed by atoms with Gasteiger partial charge < -0.3 is 14.8 Å². The first-order valence-electron chi connectivity index (χ1n) is 9.38. The number of carbonyl (C=O) groups excluding carboxylic acids is 2. The summed E-state index contributed by atoms with van der Waals surface area (Å²) in [6.45, 7) is 6.25. The summed E-state index contributed by atoms with van der Waals surface area (Å²) in [5.41, 5.74) is 2.94. The molecular weight excluding hydrogens is 364 g/mol. The minimum absolute atomic E-state index is 0.00942. The third kappa shape index (κ3) is 4.33. The van der Waals surface area contributed by atoms with Gasteiger partial charge in [0, 0.05) is 31.0 Å². The zero-order valence-corrected chi connectivity index (χ0v) is 16.6. The van der Waals surface area contributed by atoms with Crippen molar-refractivity contribution in [1.29, 1.82) is 0 Å². The molecule has 0 atom stereocenters. The molecule has 2 heterocycles. The molecule has 0 radical (unpaired) electrons. The summed E-state index contributed by atoms with van der Waals surface area (Å²) < 4.78 is 2.11. The molecule has 0 aliphatic carbocycles. The lowest BCUT2D eigenvalue weighted by Gasteiger charge is -2.28. The normalized spacial score (nSPS) is 13.4. The largest absolute Gasteiger partial charge is 0.349 e. The Bertz CT molecular complexity index is 847. The molecule has 0 bridgehead atoms. The first-order valence-corrected chi connectivity index (χ1v) is 9.76. The summed E-state index contributed by atoms with van der Waals surface area (Å²) in [5, 5.41) is 3.51. The number of rotatable bonds is 6. The monoisotopic (exact) mass is 388 g/mol. The minimum atomic E-state index is 0.00942. The fraction of sp³-hybridized carbons (Fsp3) is 0.450. The highest BCUT2D eigenvalue weighted by Crippen LogP contribution is 2.23. The lowest BCUT2D eigenvalue weighted by molar-refractivity contribution is -0.131. The third-order valence-corrected chi connectivity index (χ3v) is 5.30. The van der Waals surface area contributed by atoms with Crippen LogP contribution in [-0.2, 0) is 42.1 Å². The number of nitrogens with zero attached hydrogens (tertiary/aromatic N) is 3. The predicted molar refractivity (Wildman–Crippen MR) is 104 cm³/mol. The fourth-order valence-corrected chi connectivity index (χ4v) is 3.61. The zero-order valence-electron chi connectivity index (χ0n) is 15.8. The number of amides is 2. The minimum Gasteiger partial charge on any atom is -0.349 e. The molecule has 0 saturated carbocycles. The molecule has 3 rings (SSSR count). The highest BCUT2D eigenvalue weighted by atomic mass is 35.5. The maximum atomic E-state index is 12.8. The van der Waals surface area contributed by atoms with E-state index in [1.165, 1.54) is 0 Å². The van der Waals surface area contributed by atoms with Gasteiger partial charge in [-0.1, -0.05) is 36.7 Å². The Morgan fingerprint density at radius 3 is 2.74 bits per heavy atom. The number of aromatic nitrogens is 2. The van der Waals surface area contributed by atoms with Gasteiger partial charge in [-0.3, -0.25) is 9.59 Å². The van der Waals surface area contributed by atoms with Crippen LogP contribution in [0.4, 0.5) is 0 Å². The van der Waals surface area contributed by atoms with Crippen LogP contribution in [0.2, 0.25) is 5.02 Å². The Morgan fingerprint density at radius 2 is 2.04 bits per heavy atom. The van der Waals surface area contributed by atoms with Gasteiger partial charge in [0.1, 0.15) is 5.82 Å². The van der Waals surface area contributed by atoms with Gasteiger partial charge in [0.2, 0.25) is 11.8 Å². The van der Waals surface area contributed by atoms with E-state index >= 15 is 0 Å². The van der Waals surface area contributed by atoms with Gasteiger partial charge >= 0.3 is 0 Å². The summed E-state index contributed by atoms with van der Waals surface area (Å²) in [4.78, 5) is 30.9. The standard InChI is InChI=1S/C20H25ClN4O2/c1-3-19(26)22-12-18-23-16-9-10-24(13-17(16)25(18)4-2)20(27)11-14-7-5-6-8-15(14)21/h5-8H,3-4,9-13H2,1-2H3,(H,22,26). The number of hydrogen-bond acceptors (Lipinski definition) is 3. The van der Waals surface area contributed by atoms with E-state index in [4.69, 9.17) is 16.6 Å². The molecule has 2 amide bonds. The molecule has 0 unspecified atom stereocenters. The molecule has 6 nitrogen and oxygen atoms in total. The molecule has 1 aromatic carbocycles. The van der Waals surface area contributed by atoms with E-state index in [0.717, 1.165) is 35.7 Å². The van der Waals surface area contributed by atoms with Gasteiger partial charge in [0.05, 0.1) is 30.9 Å². The molecular formula is C20H25ClN4O2. The summed E-state index contributed by atoms with van der Waals surface area (Å²) in [7, 11) is 0. The Labute approximate surface area is 164 Å². The maximum Gasteiger partial charge on any atom is 0.227 e. The Balaban J connectivity index is 1.73. The van der Waals surface area contributed by atoms with E-state index in [1.807, 2.05) is 36.1 Å². The van der Waals surface area contributed by atoms with Crippen LogP contribution in [-0.4, -0.2) is 32.8 Å². The van der Waals surface area contributed by atoms with Crippen molar-refractivity contribution in [2.24, 2.45) is 0 Å². The second-order valence-corrected chi connectivity index (χ2v) is 7.04. The van der Waals surface area contributed by atoms with Crippen LogP contribution >= 0.6 is 11.6 Å². The number of fused-ring (bicyclic) bond motifs is 1. The van der Waals surface area contributed by atoms with Crippen molar-refractivity contribution in [3.05, 3.63) is 52.1 Å². The molecule has 7 heteroatoms. The van der Waals surface area contributed by atoms with Gasteiger partial charge in [0.25, 0.3) is 0 Å². The highest BCUT2D eigenvalue weighted by Gasteiger charge is 2.26. The van der Waals surface area contributed by atoms with E-state index in [-0.39, 0.29) is 11.8 Å². The first-order chi connectivity index (χ1) is 13.0. The number of imidazole rings is 1. The summed E-state index contributed by atoms with van der Waals surface area (Å²) in [5.74, 6) is 0.929. The van der Waals surface area contributed by atoms with Crippen LogP contribution in [0.1, 0.15) is 43.0 Å². The number of halogens is 1. The summed E-state index contributed by atoms with van der Waals surface area (Å²) in [6, 6.07) is 7.45. The Morgan fingerprint density at radius 1 is 1.26 bits per heavy atom. The van der Waals surface area contributed by atoms with Crippen LogP contribution in [0.3, 0.4) is 0 Å². The Kier molecular flexibility index (Phi) is 6.16. The molecule has 1 aromatic heterocycles. The van der Waals surface area contributed by atoms with Crippen LogP contribution < -0.4 is 5.32 Å². The van der Waals surface area contributed by atoms with Crippen LogP contribution in [0.5, 0.6) is 0 Å². The molecule has 144 valence electrons. The average Bonchev–Trinajstić information content (AvgIpc) is 3.04. The second-order valence-electron chi connectivity index (χ2n) is 6.63. The quantitative estimate of drug-likeness (QED) is 0.827. The van der Waals surface area contributed by atoms with Crippen molar-refractivity contribution >= 4 is 23.4 Å².